The third kappa shape index (κ3) is 1020. The van der Waals surface area contributed by atoms with E-state index in [-0.39, 0.29) is 81.1 Å². The topological polar surface area (TPSA) is 286 Å². The molecule has 0 unspecified atom stereocenters. The largest absolute Gasteiger partial charge is 2.00 e. The fourth-order valence-electron chi connectivity index (χ4n) is 0. The Labute approximate surface area is 210 Å². The molecular formula is LaO15SrV5. The summed E-state index contributed by atoms with van der Waals surface area (Å²) in [5.41, 5.74) is 0. The van der Waals surface area contributed by atoms with E-state index in [4.69, 9.17) is 56.9 Å². The number of hydrogen-bond donors (Lipinski definition) is 0. The minimum atomic E-state index is -3.94. The van der Waals surface area contributed by atoms with Gasteiger partial charge in [-0.25, -0.2) is 0 Å². The summed E-state index contributed by atoms with van der Waals surface area (Å²) >= 11 is -19.7. The molecule has 0 saturated heterocycles. The van der Waals surface area contributed by atoms with Crippen molar-refractivity contribution < 1.29 is 170 Å². The molecule has 0 bridgehead atoms. The zero-order valence-corrected chi connectivity index (χ0v) is 23.7. The van der Waals surface area contributed by atoms with Crippen LogP contribution in [0.4, 0.5) is 0 Å². The maximum absolute atomic E-state index is 8.56. The van der Waals surface area contributed by atoms with Crippen molar-refractivity contribution in [1.29, 1.82) is 0 Å². The van der Waals surface area contributed by atoms with Gasteiger partial charge in [-0.1, -0.05) is 0 Å². The summed E-state index contributed by atoms with van der Waals surface area (Å²) < 4.78 is 128. The Morgan fingerprint density at radius 2 is 0.364 bits per heavy atom. The standard InChI is InChI=1S/La.15O.Sr.5V/q+3;;;;;;;;;;;5*-1;+2;;;;;. The summed E-state index contributed by atoms with van der Waals surface area (Å²) in [7, 11) is 0. The molecular weight excluding hydrogens is 721 g/mol. The van der Waals surface area contributed by atoms with Crippen LogP contribution in [0.1, 0.15) is 0 Å². The summed E-state index contributed by atoms with van der Waals surface area (Å²) in [6.07, 6.45) is 0. The van der Waals surface area contributed by atoms with Gasteiger partial charge >= 0.3 is 215 Å². The molecule has 0 aromatic carbocycles. The van der Waals surface area contributed by atoms with Gasteiger partial charge in [0.05, 0.1) is 0 Å². The molecule has 0 aromatic rings. The molecule has 0 aromatic heterocycles. The van der Waals surface area contributed by atoms with Crippen LogP contribution in [0.25, 0.3) is 0 Å². The molecule has 22 heavy (non-hydrogen) atoms. The average molecular weight is 721 g/mol. The van der Waals surface area contributed by atoms with Gasteiger partial charge in [-0.05, 0) is 0 Å². The smallest absolute Gasteiger partial charge is 2.00 e. The maximum atomic E-state index is 8.56. The van der Waals surface area contributed by atoms with Gasteiger partial charge < -0.3 is 0 Å². The van der Waals surface area contributed by atoms with Crippen LogP contribution in [-0.2, 0) is 114 Å². The second kappa shape index (κ2) is 39.5. The maximum Gasteiger partial charge on any atom is 2.00 e. The first-order chi connectivity index (χ1) is 8.66. The molecule has 0 rings (SSSR count). The average Bonchev–Trinajstić information content (AvgIpc) is 1.94. The molecule has 15 nitrogen and oxygen atoms in total. The normalized spacial score (nSPS) is 5.68. The van der Waals surface area contributed by atoms with E-state index in [9.17, 15) is 0 Å². The molecule has 0 N–H and O–H groups in total. The number of rotatable bonds is 0. The van der Waals surface area contributed by atoms with E-state index in [0.29, 0.717) is 0 Å². The molecule has 0 atom stereocenters. The predicted octanol–water partition coefficient (Wildman–Crippen LogP) is -7.53. The summed E-state index contributed by atoms with van der Waals surface area (Å²) in [6, 6.07) is 0. The molecule has 22 heteroatoms. The van der Waals surface area contributed by atoms with Crippen molar-refractivity contribution in [2.75, 3.05) is 0 Å². The Morgan fingerprint density at radius 1 is 0.364 bits per heavy atom. The Hall–Kier alpha value is 3.40. The second-order valence-corrected chi connectivity index (χ2v) is 4.61. The molecule has 0 saturated carbocycles. The van der Waals surface area contributed by atoms with Crippen LogP contribution >= 0.6 is 0 Å². The van der Waals surface area contributed by atoms with Gasteiger partial charge in [-0.2, -0.15) is 0 Å². The Kier molecular flexibility index (Phi) is 80.1. The Morgan fingerprint density at radius 3 is 0.364 bits per heavy atom. The fraction of sp³-hybridized carbons (Fsp3) is 0. The van der Waals surface area contributed by atoms with Crippen LogP contribution in [0.2, 0.25) is 0 Å². The van der Waals surface area contributed by atoms with E-state index in [2.05, 4.69) is 0 Å². The molecule has 0 fully saturated rings. The van der Waals surface area contributed by atoms with Gasteiger partial charge in [0, 0.05) is 0 Å². The van der Waals surface area contributed by atoms with Crippen molar-refractivity contribution in [3.8, 4) is 0 Å². The van der Waals surface area contributed by atoms with Crippen molar-refractivity contribution in [2.24, 2.45) is 0 Å². The van der Waals surface area contributed by atoms with Crippen LogP contribution < -0.4 is 20.2 Å². The van der Waals surface area contributed by atoms with Crippen LogP contribution in [-0.4, -0.2) is 45.5 Å². The molecule has 0 aliphatic carbocycles. The summed E-state index contributed by atoms with van der Waals surface area (Å²) in [4.78, 5) is 0. The monoisotopic (exact) mass is 721 g/mol. The van der Waals surface area contributed by atoms with Gasteiger partial charge in [0.25, 0.3) is 0 Å². The zero-order valence-electron chi connectivity index (χ0n) is 9.64. The number of hydrogen-bond acceptors (Lipinski definition) is 15. The third-order valence-electron chi connectivity index (χ3n) is 0. The molecule has 0 aliphatic rings. The van der Waals surface area contributed by atoms with Crippen molar-refractivity contribution >= 4 is 45.5 Å². The Bertz CT molecular complexity index is 386. The van der Waals surface area contributed by atoms with E-state index >= 15 is 0 Å². The molecule has 0 heterocycles. The summed E-state index contributed by atoms with van der Waals surface area (Å²) in [6.45, 7) is 0. The van der Waals surface area contributed by atoms with E-state index in [1.165, 1.54) is 0 Å². The SMILES string of the molecule is [La+3].[O]=[V](=[O])[O-].[O]=[V](=[O])[O-].[O]=[V](=[O])[O-].[O]=[V](=[O])[O-].[O]=[V](=[O])[O-].[Sr+2]. The van der Waals surface area contributed by atoms with Crippen LogP contribution in [0, 0.1) is 35.6 Å². The van der Waals surface area contributed by atoms with E-state index in [1.807, 2.05) is 0 Å². The fourth-order valence-corrected chi connectivity index (χ4v) is 0. The van der Waals surface area contributed by atoms with Gasteiger partial charge in [0.15, 0.2) is 0 Å². The van der Waals surface area contributed by atoms with E-state index in [0.717, 1.165) is 0 Å². The third-order valence-corrected chi connectivity index (χ3v) is 0. The van der Waals surface area contributed by atoms with Crippen LogP contribution in [0.3, 0.4) is 0 Å². The molecule has 0 aliphatic heterocycles. The van der Waals surface area contributed by atoms with Gasteiger partial charge in [0.1, 0.15) is 0 Å². The van der Waals surface area contributed by atoms with Crippen molar-refractivity contribution in [2.45, 2.75) is 0 Å². The first kappa shape index (κ1) is 44.7. The molecule has 120 valence electrons. The van der Waals surface area contributed by atoms with Crippen molar-refractivity contribution in [3.63, 3.8) is 0 Å². The quantitative estimate of drug-likeness (QED) is 0.210. The van der Waals surface area contributed by atoms with E-state index < -0.39 is 77.0 Å². The van der Waals surface area contributed by atoms with Gasteiger partial charge in [-0.15, -0.1) is 0 Å². The predicted molar refractivity (Wildman–Crippen MR) is 12.6 cm³/mol. The van der Waals surface area contributed by atoms with Crippen LogP contribution in [0.5, 0.6) is 0 Å². The Balaban J connectivity index is -0.0000000250. The van der Waals surface area contributed by atoms with E-state index in [1.54, 1.807) is 0 Å². The van der Waals surface area contributed by atoms with Gasteiger partial charge in [-0.3, -0.25) is 0 Å². The zero-order chi connectivity index (χ0) is 17.9. The summed E-state index contributed by atoms with van der Waals surface area (Å²) in [5, 5.41) is 0. The molecule has 0 radical (unpaired) electrons. The first-order valence-electron chi connectivity index (χ1n) is 2.74. The molecule has 0 spiro atoms. The van der Waals surface area contributed by atoms with Crippen molar-refractivity contribution in [1.82, 2.24) is 0 Å². The van der Waals surface area contributed by atoms with Crippen molar-refractivity contribution in [3.05, 3.63) is 0 Å². The van der Waals surface area contributed by atoms with Gasteiger partial charge in [0.2, 0.25) is 0 Å². The second-order valence-electron chi connectivity index (χ2n) is 1.12. The summed E-state index contributed by atoms with van der Waals surface area (Å²) in [5.74, 6) is 0. The molecule has 0 amide bonds. The minimum absolute atomic E-state index is 0. The van der Waals surface area contributed by atoms with Crippen LogP contribution in [0.15, 0.2) is 0 Å². The minimum Gasteiger partial charge on any atom is 2.00 e. The first-order valence-corrected chi connectivity index (χ1v) is 11.3.